The molecule has 2 nitrogen and oxygen atoms in total. The van der Waals surface area contributed by atoms with E-state index in [4.69, 9.17) is 0 Å². The first kappa shape index (κ1) is 15.9. The maximum atomic E-state index is 3.77. The van der Waals surface area contributed by atoms with Crippen LogP contribution >= 0.6 is 0 Å². The summed E-state index contributed by atoms with van der Waals surface area (Å²) in [5.41, 5.74) is 2.84. The molecule has 0 aromatic heterocycles. The van der Waals surface area contributed by atoms with E-state index in [1.165, 1.54) is 17.5 Å². The summed E-state index contributed by atoms with van der Waals surface area (Å²) in [6.45, 7) is 11.2. The van der Waals surface area contributed by atoms with Crippen molar-refractivity contribution in [3.05, 3.63) is 48.0 Å². The van der Waals surface area contributed by atoms with E-state index in [0.717, 1.165) is 26.1 Å². The Hall–Kier alpha value is -1.12. The zero-order chi connectivity index (χ0) is 14.1. The molecule has 0 heterocycles. The molecule has 0 amide bonds. The summed E-state index contributed by atoms with van der Waals surface area (Å²) in [5, 5.41) is 3.50. The highest BCUT2D eigenvalue weighted by Gasteiger charge is 2.05. The van der Waals surface area contributed by atoms with E-state index in [9.17, 15) is 0 Å². The molecule has 0 atom stereocenters. The molecule has 0 fully saturated rings. The van der Waals surface area contributed by atoms with Gasteiger partial charge in [0.2, 0.25) is 0 Å². The fraction of sp³-hybridized carbons (Fsp3) is 0.529. The van der Waals surface area contributed by atoms with Crippen molar-refractivity contribution in [2.24, 2.45) is 0 Å². The van der Waals surface area contributed by atoms with Crippen LogP contribution in [0.2, 0.25) is 0 Å². The number of nitrogens with zero attached hydrogens (tertiary/aromatic N) is 1. The number of benzene rings is 1. The summed E-state index contributed by atoms with van der Waals surface area (Å²) in [4.78, 5) is 2.39. The molecule has 0 bridgehead atoms. The topological polar surface area (TPSA) is 15.3 Å². The minimum absolute atomic E-state index is 0.526. The standard InChI is InChI=1S/C17H28N2/c1-5-6-9-12-19(4)14-17-11-8-7-10-16(17)13-18-15(2)3/h5,7-8,10-11,15,18H,1,6,9,12-14H2,2-4H3. The molecule has 2 heteroatoms. The van der Waals surface area contributed by atoms with Gasteiger partial charge in [-0.05, 0) is 37.6 Å². The summed E-state index contributed by atoms with van der Waals surface area (Å²) >= 11 is 0. The van der Waals surface area contributed by atoms with Gasteiger partial charge < -0.3 is 10.2 Å². The third kappa shape index (κ3) is 6.55. The van der Waals surface area contributed by atoms with Crippen LogP contribution in [-0.2, 0) is 13.1 Å². The summed E-state index contributed by atoms with van der Waals surface area (Å²) < 4.78 is 0. The van der Waals surface area contributed by atoms with E-state index in [2.05, 4.69) is 62.0 Å². The van der Waals surface area contributed by atoms with Gasteiger partial charge in [0.15, 0.2) is 0 Å². The second-order valence-electron chi connectivity index (χ2n) is 5.47. The molecule has 19 heavy (non-hydrogen) atoms. The van der Waals surface area contributed by atoms with Crippen LogP contribution in [0.25, 0.3) is 0 Å². The number of rotatable bonds is 9. The smallest absolute Gasteiger partial charge is 0.0233 e. The van der Waals surface area contributed by atoms with Gasteiger partial charge in [0, 0.05) is 19.1 Å². The average Bonchev–Trinajstić information content (AvgIpc) is 2.38. The number of hydrogen-bond acceptors (Lipinski definition) is 2. The lowest BCUT2D eigenvalue weighted by Gasteiger charge is -2.19. The molecule has 106 valence electrons. The van der Waals surface area contributed by atoms with Crippen LogP contribution in [0.4, 0.5) is 0 Å². The largest absolute Gasteiger partial charge is 0.310 e. The monoisotopic (exact) mass is 260 g/mol. The van der Waals surface area contributed by atoms with Crippen LogP contribution in [-0.4, -0.2) is 24.5 Å². The van der Waals surface area contributed by atoms with Gasteiger partial charge in [0.25, 0.3) is 0 Å². The van der Waals surface area contributed by atoms with Crippen molar-refractivity contribution in [2.75, 3.05) is 13.6 Å². The number of unbranched alkanes of at least 4 members (excludes halogenated alkanes) is 1. The lowest BCUT2D eigenvalue weighted by molar-refractivity contribution is 0.322. The van der Waals surface area contributed by atoms with E-state index in [1.54, 1.807) is 0 Å². The Labute approximate surface area is 118 Å². The molecular formula is C17H28N2. The van der Waals surface area contributed by atoms with Gasteiger partial charge in [-0.2, -0.15) is 0 Å². The van der Waals surface area contributed by atoms with Crippen LogP contribution < -0.4 is 5.32 Å². The van der Waals surface area contributed by atoms with Gasteiger partial charge in [-0.1, -0.05) is 44.2 Å². The summed E-state index contributed by atoms with van der Waals surface area (Å²) in [7, 11) is 2.19. The number of hydrogen-bond donors (Lipinski definition) is 1. The molecule has 0 spiro atoms. The number of allylic oxidation sites excluding steroid dienone is 1. The van der Waals surface area contributed by atoms with Crippen molar-refractivity contribution in [2.45, 2.75) is 45.8 Å². The summed E-state index contributed by atoms with van der Waals surface area (Å²) in [6, 6.07) is 9.24. The minimum Gasteiger partial charge on any atom is -0.310 e. The second-order valence-corrected chi connectivity index (χ2v) is 5.47. The first-order valence-electron chi connectivity index (χ1n) is 7.23. The van der Waals surface area contributed by atoms with Crippen LogP contribution in [0.3, 0.4) is 0 Å². The molecule has 1 aromatic carbocycles. The van der Waals surface area contributed by atoms with Crippen molar-refractivity contribution in [3.8, 4) is 0 Å². The highest BCUT2D eigenvalue weighted by atomic mass is 15.1. The van der Waals surface area contributed by atoms with E-state index >= 15 is 0 Å². The predicted molar refractivity (Wildman–Crippen MR) is 84.2 cm³/mol. The maximum Gasteiger partial charge on any atom is 0.0233 e. The fourth-order valence-corrected chi connectivity index (χ4v) is 2.07. The second kappa shape index (κ2) is 8.89. The molecule has 0 aliphatic carbocycles. The van der Waals surface area contributed by atoms with Gasteiger partial charge in [-0.25, -0.2) is 0 Å². The van der Waals surface area contributed by atoms with E-state index in [1.807, 2.05) is 6.08 Å². The fourth-order valence-electron chi connectivity index (χ4n) is 2.07. The van der Waals surface area contributed by atoms with Crippen LogP contribution in [0.5, 0.6) is 0 Å². The molecule has 1 aromatic rings. The third-order valence-corrected chi connectivity index (χ3v) is 3.21. The van der Waals surface area contributed by atoms with E-state index in [-0.39, 0.29) is 0 Å². The van der Waals surface area contributed by atoms with Gasteiger partial charge in [0.1, 0.15) is 0 Å². The molecule has 0 aliphatic heterocycles. The minimum atomic E-state index is 0.526. The zero-order valence-electron chi connectivity index (χ0n) is 12.7. The Kier molecular flexibility index (Phi) is 7.46. The number of nitrogens with one attached hydrogen (secondary N) is 1. The molecular weight excluding hydrogens is 232 g/mol. The average molecular weight is 260 g/mol. The SMILES string of the molecule is C=CCCCN(C)Cc1ccccc1CNC(C)C. The van der Waals surface area contributed by atoms with Gasteiger partial charge in [-0.15, -0.1) is 6.58 Å². The molecule has 0 unspecified atom stereocenters. The predicted octanol–water partition coefficient (Wildman–Crippen LogP) is 3.58. The van der Waals surface area contributed by atoms with Gasteiger partial charge >= 0.3 is 0 Å². The Morgan fingerprint density at radius 2 is 1.95 bits per heavy atom. The van der Waals surface area contributed by atoms with Gasteiger partial charge in [0.05, 0.1) is 0 Å². The Balaban J connectivity index is 2.53. The van der Waals surface area contributed by atoms with E-state index in [0.29, 0.717) is 6.04 Å². The summed E-state index contributed by atoms with van der Waals surface area (Å²) in [5.74, 6) is 0. The highest BCUT2D eigenvalue weighted by Crippen LogP contribution is 2.11. The summed E-state index contributed by atoms with van der Waals surface area (Å²) in [6.07, 6.45) is 4.28. The van der Waals surface area contributed by atoms with E-state index < -0.39 is 0 Å². The molecule has 1 rings (SSSR count). The van der Waals surface area contributed by atoms with Crippen molar-refractivity contribution in [1.29, 1.82) is 0 Å². The molecule has 1 N–H and O–H groups in total. The Bertz CT molecular complexity index is 371. The molecule has 0 saturated heterocycles. The Morgan fingerprint density at radius 3 is 2.58 bits per heavy atom. The highest BCUT2D eigenvalue weighted by molar-refractivity contribution is 5.27. The lowest BCUT2D eigenvalue weighted by Crippen LogP contribution is -2.24. The van der Waals surface area contributed by atoms with Crippen molar-refractivity contribution in [1.82, 2.24) is 10.2 Å². The van der Waals surface area contributed by atoms with Crippen LogP contribution in [0, 0.1) is 0 Å². The Morgan fingerprint density at radius 1 is 1.26 bits per heavy atom. The first-order chi connectivity index (χ1) is 9.13. The van der Waals surface area contributed by atoms with Crippen molar-refractivity contribution < 1.29 is 0 Å². The normalized spacial score (nSPS) is 11.2. The first-order valence-corrected chi connectivity index (χ1v) is 7.23. The molecule has 0 aliphatic rings. The van der Waals surface area contributed by atoms with Crippen molar-refractivity contribution in [3.63, 3.8) is 0 Å². The maximum absolute atomic E-state index is 3.77. The third-order valence-electron chi connectivity index (χ3n) is 3.21. The quantitative estimate of drug-likeness (QED) is 0.539. The molecule has 0 saturated carbocycles. The molecule has 0 radical (unpaired) electrons. The van der Waals surface area contributed by atoms with Crippen LogP contribution in [0.15, 0.2) is 36.9 Å². The van der Waals surface area contributed by atoms with Crippen molar-refractivity contribution >= 4 is 0 Å². The lowest BCUT2D eigenvalue weighted by atomic mass is 10.1. The van der Waals surface area contributed by atoms with Gasteiger partial charge in [-0.3, -0.25) is 0 Å². The zero-order valence-corrected chi connectivity index (χ0v) is 12.7. The van der Waals surface area contributed by atoms with Crippen LogP contribution in [0.1, 0.15) is 37.8 Å².